The Bertz CT molecular complexity index is 1260. The third-order valence-corrected chi connectivity index (χ3v) is 6.20. The number of fused-ring (bicyclic) bond motifs is 1. The predicted molar refractivity (Wildman–Crippen MR) is 133 cm³/mol. The summed E-state index contributed by atoms with van der Waals surface area (Å²) in [5.41, 5.74) is 3.61. The lowest BCUT2D eigenvalue weighted by Crippen LogP contribution is -2.38. The number of aliphatic hydroxyl groups is 1. The molecule has 0 spiro atoms. The Morgan fingerprint density at radius 3 is 2.53 bits per heavy atom. The van der Waals surface area contributed by atoms with E-state index in [4.69, 9.17) is 13.9 Å². The Kier molecular flexibility index (Phi) is 7.28. The van der Waals surface area contributed by atoms with Crippen LogP contribution in [0.3, 0.4) is 0 Å². The highest BCUT2D eigenvalue weighted by molar-refractivity contribution is 5.76. The number of anilines is 1. The highest BCUT2D eigenvalue weighted by Crippen LogP contribution is 2.35. The molecule has 0 unspecified atom stereocenters. The Labute approximate surface area is 209 Å². The van der Waals surface area contributed by atoms with Crippen molar-refractivity contribution in [3.8, 4) is 17.2 Å². The average molecular weight is 494 g/mol. The molecule has 1 aliphatic heterocycles. The molecule has 11 nitrogen and oxygen atoms in total. The van der Waals surface area contributed by atoms with Gasteiger partial charge in [0.25, 0.3) is 6.01 Å². The summed E-state index contributed by atoms with van der Waals surface area (Å²) in [6, 6.07) is 6.65. The van der Waals surface area contributed by atoms with E-state index >= 15 is 0 Å². The second kappa shape index (κ2) is 10.9. The van der Waals surface area contributed by atoms with E-state index in [2.05, 4.69) is 42.4 Å². The van der Waals surface area contributed by atoms with E-state index in [1.165, 1.54) is 6.33 Å². The summed E-state index contributed by atoms with van der Waals surface area (Å²) in [7, 11) is 0. The first-order valence-electron chi connectivity index (χ1n) is 12.3. The van der Waals surface area contributed by atoms with Gasteiger partial charge in [0.1, 0.15) is 35.4 Å². The van der Waals surface area contributed by atoms with Gasteiger partial charge < -0.3 is 24.3 Å². The van der Waals surface area contributed by atoms with Gasteiger partial charge >= 0.3 is 0 Å². The van der Waals surface area contributed by atoms with Gasteiger partial charge in [-0.25, -0.2) is 9.67 Å². The summed E-state index contributed by atoms with van der Waals surface area (Å²) < 4.78 is 19.5. The van der Waals surface area contributed by atoms with Gasteiger partial charge in [0.15, 0.2) is 11.3 Å². The van der Waals surface area contributed by atoms with E-state index < -0.39 is 0 Å². The first-order chi connectivity index (χ1) is 17.7. The minimum Gasteiger partial charge on any atom is -0.491 e. The Morgan fingerprint density at radius 1 is 1.14 bits per heavy atom. The van der Waals surface area contributed by atoms with Crippen LogP contribution in [-0.4, -0.2) is 67.1 Å². The maximum Gasteiger partial charge on any atom is 0.295 e. The fraction of sp³-hybridized carbons (Fsp3) is 0.440. The number of rotatable bonds is 10. The van der Waals surface area contributed by atoms with Crippen molar-refractivity contribution in [2.45, 2.75) is 45.9 Å². The molecular formula is C25H31N7O4. The zero-order chi connectivity index (χ0) is 24.9. The zero-order valence-corrected chi connectivity index (χ0v) is 20.6. The second-order valence-electron chi connectivity index (χ2n) is 8.62. The minimum atomic E-state index is -0.180. The summed E-state index contributed by atoms with van der Waals surface area (Å²) in [6.45, 7) is 7.49. The SMILES string of the molecule is CCOc1cc(CN2CCC(Nc3nc4ccnc(CO)c4o3)CC2)cc(OCC)c1-n1cncn1. The monoisotopic (exact) mass is 493 g/mol. The number of aromatic nitrogens is 5. The van der Waals surface area contributed by atoms with Crippen LogP contribution in [-0.2, 0) is 13.2 Å². The van der Waals surface area contributed by atoms with Crippen molar-refractivity contribution < 1.29 is 19.0 Å². The molecule has 1 aromatic carbocycles. The van der Waals surface area contributed by atoms with Crippen LogP contribution in [0, 0.1) is 0 Å². The van der Waals surface area contributed by atoms with Crippen molar-refractivity contribution in [2.24, 2.45) is 0 Å². The third-order valence-electron chi connectivity index (χ3n) is 6.20. The fourth-order valence-electron chi connectivity index (χ4n) is 4.56. The van der Waals surface area contributed by atoms with Crippen molar-refractivity contribution in [1.29, 1.82) is 0 Å². The van der Waals surface area contributed by atoms with Crippen molar-refractivity contribution in [3.05, 3.63) is 48.3 Å². The predicted octanol–water partition coefficient (Wildman–Crippen LogP) is 3.17. The number of hydrogen-bond donors (Lipinski definition) is 2. The number of pyridine rings is 1. The van der Waals surface area contributed by atoms with Gasteiger partial charge in [-0.2, -0.15) is 10.1 Å². The molecule has 1 fully saturated rings. The molecule has 0 saturated carbocycles. The van der Waals surface area contributed by atoms with E-state index in [0.29, 0.717) is 36.0 Å². The molecule has 0 radical (unpaired) electrons. The van der Waals surface area contributed by atoms with Gasteiger partial charge in [0, 0.05) is 31.9 Å². The molecule has 190 valence electrons. The first kappa shape index (κ1) is 24.0. The Hall–Kier alpha value is -3.70. The zero-order valence-electron chi connectivity index (χ0n) is 20.6. The number of nitrogens with zero attached hydrogens (tertiary/aromatic N) is 6. The number of nitrogens with one attached hydrogen (secondary N) is 1. The number of aliphatic hydroxyl groups excluding tert-OH is 1. The maximum absolute atomic E-state index is 9.47. The lowest BCUT2D eigenvalue weighted by atomic mass is 10.0. The van der Waals surface area contributed by atoms with E-state index in [-0.39, 0.29) is 12.6 Å². The van der Waals surface area contributed by atoms with Crippen molar-refractivity contribution >= 4 is 17.1 Å². The van der Waals surface area contributed by atoms with E-state index in [0.717, 1.165) is 55.2 Å². The highest BCUT2D eigenvalue weighted by Gasteiger charge is 2.23. The molecule has 3 aromatic heterocycles. The Balaban J connectivity index is 1.26. The minimum absolute atomic E-state index is 0.180. The fourth-order valence-corrected chi connectivity index (χ4v) is 4.56. The molecule has 0 amide bonds. The van der Waals surface area contributed by atoms with Gasteiger partial charge in [-0.3, -0.25) is 9.88 Å². The summed E-state index contributed by atoms with van der Waals surface area (Å²) in [4.78, 5) is 15.2. The molecule has 4 heterocycles. The van der Waals surface area contributed by atoms with Crippen LogP contribution in [0.4, 0.5) is 6.01 Å². The molecule has 0 aliphatic carbocycles. The van der Waals surface area contributed by atoms with Crippen LogP contribution in [0.2, 0.25) is 0 Å². The molecule has 0 bridgehead atoms. The van der Waals surface area contributed by atoms with Crippen molar-refractivity contribution in [3.63, 3.8) is 0 Å². The number of oxazole rings is 1. The lowest BCUT2D eigenvalue weighted by Gasteiger charge is -2.32. The number of likely N-dealkylation sites (tertiary alicyclic amines) is 1. The number of hydrogen-bond acceptors (Lipinski definition) is 10. The molecule has 5 rings (SSSR count). The molecule has 36 heavy (non-hydrogen) atoms. The Morgan fingerprint density at radius 2 is 1.89 bits per heavy atom. The quantitative estimate of drug-likeness (QED) is 0.340. The van der Waals surface area contributed by atoms with Crippen LogP contribution < -0.4 is 14.8 Å². The van der Waals surface area contributed by atoms with Gasteiger partial charge in [-0.15, -0.1) is 0 Å². The van der Waals surface area contributed by atoms with E-state index in [1.807, 2.05) is 13.8 Å². The van der Waals surface area contributed by atoms with Crippen molar-refractivity contribution in [2.75, 3.05) is 31.6 Å². The highest BCUT2D eigenvalue weighted by atomic mass is 16.5. The molecule has 11 heteroatoms. The molecular weight excluding hydrogens is 462 g/mol. The standard InChI is InChI=1S/C25H31N7O4/c1-3-34-21-11-17(12-22(35-4-2)23(21)32-16-26-15-28-32)13-31-9-6-18(7-10-31)29-25-30-19-5-8-27-20(14-33)24(19)36-25/h5,8,11-12,15-16,18,33H,3-4,6-7,9-10,13-14H2,1-2H3,(H,29,30). The molecule has 4 aromatic rings. The molecule has 2 N–H and O–H groups in total. The largest absolute Gasteiger partial charge is 0.491 e. The van der Waals surface area contributed by atoms with Crippen LogP contribution >= 0.6 is 0 Å². The van der Waals surface area contributed by atoms with Crippen LogP contribution in [0.1, 0.15) is 37.9 Å². The maximum atomic E-state index is 9.47. The number of benzene rings is 1. The van der Waals surface area contributed by atoms with E-state index in [9.17, 15) is 5.11 Å². The van der Waals surface area contributed by atoms with E-state index in [1.54, 1.807) is 23.3 Å². The average Bonchev–Trinajstić information content (AvgIpc) is 3.55. The smallest absolute Gasteiger partial charge is 0.295 e. The van der Waals surface area contributed by atoms with Crippen LogP contribution in [0.15, 0.2) is 41.5 Å². The topological polar surface area (TPSA) is 124 Å². The van der Waals surface area contributed by atoms with Gasteiger partial charge in [0.2, 0.25) is 0 Å². The van der Waals surface area contributed by atoms with Gasteiger partial charge in [-0.05, 0) is 50.5 Å². The third kappa shape index (κ3) is 5.12. The summed E-state index contributed by atoms with van der Waals surface area (Å²) in [5.74, 6) is 1.46. The normalized spacial score (nSPS) is 14.9. The second-order valence-corrected chi connectivity index (χ2v) is 8.62. The number of ether oxygens (including phenoxy) is 2. The summed E-state index contributed by atoms with van der Waals surface area (Å²) >= 11 is 0. The molecule has 1 aliphatic rings. The first-order valence-corrected chi connectivity index (χ1v) is 12.3. The van der Waals surface area contributed by atoms with Crippen LogP contribution in [0.5, 0.6) is 11.5 Å². The molecule has 0 atom stereocenters. The number of piperidine rings is 1. The summed E-state index contributed by atoms with van der Waals surface area (Å²) in [6.07, 6.45) is 6.69. The van der Waals surface area contributed by atoms with Crippen molar-refractivity contribution in [1.82, 2.24) is 29.6 Å². The van der Waals surface area contributed by atoms with Crippen LogP contribution in [0.25, 0.3) is 16.8 Å². The summed E-state index contributed by atoms with van der Waals surface area (Å²) in [5, 5.41) is 17.2. The van der Waals surface area contributed by atoms with Gasteiger partial charge in [0.05, 0.1) is 19.8 Å². The van der Waals surface area contributed by atoms with Gasteiger partial charge in [-0.1, -0.05) is 0 Å². The lowest BCUT2D eigenvalue weighted by molar-refractivity contribution is 0.209. The molecule has 1 saturated heterocycles.